The Hall–Kier alpha value is -2.17. The normalized spacial score (nSPS) is 22.1. The molecule has 2 fully saturated rings. The van der Waals surface area contributed by atoms with Gasteiger partial charge in [-0.3, -0.25) is 4.79 Å². The number of nitrogens with zero attached hydrogens (tertiary/aromatic N) is 2. The van der Waals surface area contributed by atoms with E-state index < -0.39 is 10.0 Å². The lowest BCUT2D eigenvalue weighted by atomic mass is 9.75. The summed E-state index contributed by atoms with van der Waals surface area (Å²) >= 11 is 6.11. The highest BCUT2D eigenvalue weighted by Gasteiger charge is 2.36. The highest BCUT2D eigenvalue weighted by Crippen LogP contribution is 2.40. The SMILES string of the molecule is COc1cc(C)c(S(=O)(=O)N2CCC(OCC(=O)NCCC3CCC(C(c4ccc(Cl)cc4)N(C)C)CC3)C2)c(C)c1C. The summed E-state index contributed by atoms with van der Waals surface area (Å²) in [6.45, 7) is 6.67. The fourth-order valence-corrected chi connectivity index (χ4v) is 9.01. The molecule has 2 atom stereocenters. The number of rotatable bonds is 12. The Kier molecular flexibility index (Phi) is 11.6. The highest BCUT2D eigenvalue weighted by atomic mass is 35.5. The van der Waals surface area contributed by atoms with Crippen LogP contribution in [0.2, 0.25) is 5.02 Å². The molecule has 1 saturated heterocycles. The molecular formula is C33H48ClN3O5S. The van der Waals surface area contributed by atoms with Gasteiger partial charge in [0.15, 0.2) is 0 Å². The molecule has 1 saturated carbocycles. The highest BCUT2D eigenvalue weighted by molar-refractivity contribution is 7.89. The molecule has 0 radical (unpaired) electrons. The third-order valence-corrected chi connectivity index (χ3v) is 11.7. The van der Waals surface area contributed by atoms with E-state index in [4.69, 9.17) is 21.1 Å². The number of methoxy groups -OCH3 is 1. The molecule has 10 heteroatoms. The second kappa shape index (κ2) is 14.7. The first kappa shape index (κ1) is 33.7. The maximum atomic E-state index is 13.5. The van der Waals surface area contributed by atoms with E-state index in [2.05, 4.69) is 36.4 Å². The van der Waals surface area contributed by atoms with E-state index in [1.807, 2.05) is 26.0 Å². The molecule has 1 heterocycles. The monoisotopic (exact) mass is 633 g/mol. The molecule has 0 bridgehead atoms. The van der Waals surface area contributed by atoms with Crippen molar-refractivity contribution in [2.75, 3.05) is 47.4 Å². The summed E-state index contributed by atoms with van der Waals surface area (Å²) in [5.41, 5.74) is 3.50. The van der Waals surface area contributed by atoms with Gasteiger partial charge in [-0.1, -0.05) is 36.6 Å². The molecule has 43 heavy (non-hydrogen) atoms. The van der Waals surface area contributed by atoms with Crippen molar-refractivity contribution in [3.63, 3.8) is 0 Å². The molecule has 1 aliphatic heterocycles. The molecule has 8 nitrogen and oxygen atoms in total. The van der Waals surface area contributed by atoms with E-state index in [1.54, 1.807) is 20.1 Å². The number of carbonyl (C=O) groups excluding carboxylic acids is 1. The Labute approximate surface area is 263 Å². The lowest BCUT2D eigenvalue weighted by Crippen LogP contribution is -2.34. The van der Waals surface area contributed by atoms with E-state index in [-0.39, 0.29) is 25.2 Å². The predicted molar refractivity (Wildman–Crippen MR) is 171 cm³/mol. The van der Waals surface area contributed by atoms with Crippen LogP contribution in [-0.2, 0) is 19.6 Å². The first-order valence-corrected chi connectivity index (χ1v) is 17.2. The predicted octanol–water partition coefficient (Wildman–Crippen LogP) is 5.67. The molecule has 238 valence electrons. The smallest absolute Gasteiger partial charge is 0.246 e. The average molecular weight is 634 g/mol. The number of ether oxygens (including phenoxy) is 2. The molecule has 4 rings (SSSR count). The van der Waals surface area contributed by atoms with Gasteiger partial charge in [0.1, 0.15) is 12.4 Å². The minimum atomic E-state index is -3.69. The molecule has 2 aromatic rings. The first-order valence-electron chi connectivity index (χ1n) is 15.4. The van der Waals surface area contributed by atoms with Crippen LogP contribution in [0.5, 0.6) is 5.75 Å². The van der Waals surface area contributed by atoms with Crippen LogP contribution >= 0.6 is 11.6 Å². The van der Waals surface area contributed by atoms with Gasteiger partial charge in [-0.25, -0.2) is 8.42 Å². The number of nitrogens with one attached hydrogen (secondary N) is 1. The van der Waals surface area contributed by atoms with Crippen LogP contribution in [0.25, 0.3) is 0 Å². The van der Waals surface area contributed by atoms with Gasteiger partial charge < -0.3 is 19.7 Å². The standard InChI is InChI=1S/C33H48ClN3O5S/c1-22-19-30(41-6)23(2)24(3)33(22)43(39,40)37-18-16-29(20-37)42-21-31(38)35-17-15-25-7-9-26(10-8-25)32(36(4)5)27-11-13-28(34)14-12-27/h11-14,19,25-26,29,32H,7-10,15-18,20-21H2,1-6H3,(H,35,38). The van der Waals surface area contributed by atoms with Gasteiger partial charge in [0.25, 0.3) is 0 Å². The summed E-state index contributed by atoms with van der Waals surface area (Å²) in [5, 5.41) is 3.77. The Morgan fingerprint density at radius 1 is 1.07 bits per heavy atom. The summed E-state index contributed by atoms with van der Waals surface area (Å²) in [5.74, 6) is 1.74. The number of amides is 1. The summed E-state index contributed by atoms with van der Waals surface area (Å²) < 4.78 is 39.8. The van der Waals surface area contributed by atoms with Crippen LogP contribution < -0.4 is 10.1 Å². The molecule has 1 amide bonds. The molecule has 0 aromatic heterocycles. The minimum absolute atomic E-state index is 0.0589. The third kappa shape index (κ3) is 8.11. The molecule has 1 N–H and O–H groups in total. The maximum absolute atomic E-state index is 13.5. The quantitative estimate of drug-likeness (QED) is 0.324. The third-order valence-electron chi connectivity index (χ3n) is 9.33. The fourth-order valence-electron chi connectivity index (χ4n) is 6.92. The van der Waals surface area contributed by atoms with E-state index in [0.717, 1.165) is 29.8 Å². The van der Waals surface area contributed by atoms with Crippen LogP contribution in [0.3, 0.4) is 0 Å². The Morgan fingerprint density at radius 2 is 1.74 bits per heavy atom. The van der Waals surface area contributed by atoms with Gasteiger partial charge in [-0.15, -0.1) is 0 Å². The molecule has 2 aromatic carbocycles. The number of aryl methyl sites for hydroxylation is 1. The number of hydrogen-bond acceptors (Lipinski definition) is 6. The second-order valence-corrected chi connectivity index (χ2v) is 14.8. The lowest BCUT2D eigenvalue weighted by Gasteiger charge is -2.37. The summed E-state index contributed by atoms with van der Waals surface area (Å²) in [6.07, 6.45) is 5.88. The van der Waals surface area contributed by atoms with Gasteiger partial charge in [-0.05, 0) is 113 Å². The average Bonchev–Trinajstić information content (AvgIpc) is 3.46. The molecule has 0 spiro atoms. The van der Waals surface area contributed by atoms with Crippen LogP contribution in [-0.4, -0.2) is 77.1 Å². The summed E-state index contributed by atoms with van der Waals surface area (Å²) in [7, 11) is 2.19. The van der Waals surface area contributed by atoms with Crippen LogP contribution in [0.1, 0.15) is 66.8 Å². The number of benzene rings is 2. The van der Waals surface area contributed by atoms with Crippen molar-refractivity contribution in [3.05, 3.63) is 57.6 Å². The summed E-state index contributed by atoms with van der Waals surface area (Å²) in [6, 6.07) is 10.4. The lowest BCUT2D eigenvalue weighted by molar-refractivity contribution is -0.127. The number of hydrogen-bond donors (Lipinski definition) is 1. The Bertz CT molecular complexity index is 1360. The first-order chi connectivity index (χ1) is 20.4. The molecule has 2 unspecified atom stereocenters. The Morgan fingerprint density at radius 3 is 2.37 bits per heavy atom. The topological polar surface area (TPSA) is 88.2 Å². The van der Waals surface area contributed by atoms with Gasteiger partial charge in [0.2, 0.25) is 15.9 Å². The number of halogens is 1. The zero-order valence-corrected chi connectivity index (χ0v) is 28.1. The minimum Gasteiger partial charge on any atom is -0.496 e. The van der Waals surface area contributed by atoms with Crippen molar-refractivity contribution < 1.29 is 22.7 Å². The number of carbonyl (C=O) groups is 1. The van der Waals surface area contributed by atoms with Crippen molar-refractivity contribution in [1.29, 1.82) is 0 Å². The largest absolute Gasteiger partial charge is 0.496 e. The van der Waals surface area contributed by atoms with Gasteiger partial charge >= 0.3 is 0 Å². The Balaban J connectivity index is 1.18. The van der Waals surface area contributed by atoms with E-state index in [1.165, 1.54) is 22.7 Å². The zero-order chi connectivity index (χ0) is 31.3. The van der Waals surface area contributed by atoms with Gasteiger partial charge in [0, 0.05) is 30.7 Å². The van der Waals surface area contributed by atoms with Crippen molar-refractivity contribution in [2.24, 2.45) is 11.8 Å². The van der Waals surface area contributed by atoms with E-state index >= 15 is 0 Å². The van der Waals surface area contributed by atoms with Crippen molar-refractivity contribution in [2.45, 2.75) is 76.3 Å². The zero-order valence-electron chi connectivity index (χ0n) is 26.5. The summed E-state index contributed by atoms with van der Waals surface area (Å²) in [4.78, 5) is 15.2. The van der Waals surface area contributed by atoms with Crippen molar-refractivity contribution in [1.82, 2.24) is 14.5 Å². The van der Waals surface area contributed by atoms with Crippen molar-refractivity contribution in [3.8, 4) is 5.75 Å². The molecular weight excluding hydrogens is 586 g/mol. The van der Waals surface area contributed by atoms with E-state index in [9.17, 15) is 13.2 Å². The van der Waals surface area contributed by atoms with Gasteiger partial charge in [-0.2, -0.15) is 4.31 Å². The van der Waals surface area contributed by atoms with Crippen LogP contribution in [0.15, 0.2) is 35.2 Å². The van der Waals surface area contributed by atoms with E-state index in [0.29, 0.717) is 59.2 Å². The van der Waals surface area contributed by atoms with Gasteiger partial charge in [0.05, 0.1) is 18.1 Å². The molecule has 1 aliphatic carbocycles. The van der Waals surface area contributed by atoms with Crippen LogP contribution in [0, 0.1) is 32.6 Å². The second-order valence-electron chi connectivity index (χ2n) is 12.4. The molecule has 2 aliphatic rings. The van der Waals surface area contributed by atoms with Crippen LogP contribution in [0.4, 0.5) is 0 Å². The fraction of sp³-hybridized carbons (Fsp3) is 0.606. The maximum Gasteiger partial charge on any atom is 0.246 e. The van der Waals surface area contributed by atoms with Crippen molar-refractivity contribution >= 4 is 27.5 Å². The number of sulfonamides is 1.